The van der Waals surface area contributed by atoms with Gasteiger partial charge >= 0.3 is 5.97 Å². The van der Waals surface area contributed by atoms with Gasteiger partial charge in [0.2, 0.25) is 0 Å². The minimum atomic E-state index is -1.17. The molecule has 0 aliphatic heterocycles. The molecule has 0 radical (unpaired) electrons. The number of aryl methyl sites for hydroxylation is 1. The Morgan fingerprint density at radius 3 is 2.75 bits per heavy atom. The Hall–Kier alpha value is -1.63. The van der Waals surface area contributed by atoms with Crippen LogP contribution in [0.25, 0.3) is 0 Å². The van der Waals surface area contributed by atoms with Crippen LogP contribution < -0.4 is 10.9 Å². The van der Waals surface area contributed by atoms with Crippen molar-refractivity contribution in [2.24, 2.45) is 0 Å². The van der Waals surface area contributed by atoms with E-state index in [9.17, 15) is 14.4 Å². The molecule has 0 unspecified atom stereocenters. The first-order valence-corrected chi connectivity index (χ1v) is 5.10. The van der Waals surface area contributed by atoms with E-state index in [4.69, 9.17) is 5.11 Å². The van der Waals surface area contributed by atoms with Crippen LogP contribution in [0.15, 0.2) is 15.3 Å². The van der Waals surface area contributed by atoms with Gasteiger partial charge in [-0.05, 0) is 28.9 Å². The van der Waals surface area contributed by atoms with Crippen LogP contribution in [0.2, 0.25) is 0 Å². The van der Waals surface area contributed by atoms with Crippen LogP contribution in [0.4, 0.5) is 0 Å². The molecule has 0 fully saturated rings. The zero-order valence-corrected chi connectivity index (χ0v) is 9.92. The zero-order chi connectivity index (χ0) is 12.3. The predicted octanol–water partition coefficient (Wildman–Crippen LogP) is 0.260. The van der Waals surface area contributed by atoms with Crippen LogP contribution in [0.5, 0.6) is 0 Å². The first-order valence-electron chi connectivity index (χ1n) is 4.31. The van der Waals surface area contributed by atoms with Gasteiger partial charge in [-0.3, -0.25) is 14.4 Å². The molecule has 0 bridgehead atoms. The van der Waals surface area contributed by atoms with E-state index in [0.29, 0.717) is 10.2 Å². The maximum atomic E-state index is 11.4. The number of amides is 1. The smallest absolute Gasteiger partial charge is 0.322 e. The van der Waals surface area contributed by atoms with Crippen molar-refractivity contribution in [3.8, 4) is 0 Å². The van der Waals surface area contributed by atoms with E-state index in [1.54, 1.807) is 6.92 Å². The van der Waals surface area contributed by atoms with Crippen LogP contribution in [-0.2, 0) is 4.79 Å². The minimum absolute atomic E-state index is 0.126. The number of pyridine rings is 1. The van der Waals surface area contributed by atoms with E-state index in [1.165, 1.54) is 6.07 Å². The van der Waals surface area contributed by atoms with Gasteiger partial charge in [-0.1, -0.05) is 0 Å². The fraction of sp³-hybridized carbons (Fsp3) is 0.222. The lowest BCUT2D eigenvalue weighted by Crippen LogP contribution is -2.33. The van der Waals surface area contributed by atoms with Gasteiger partial charge in [0.1, 0.15) is 12.1 Å². The number of carboxylic acid groups (broad SMARTS) is 1. The first-order chi connectivity index (χ1) is 7.41. The quantitative estimate of drug-likeness (QED) is 0.743. The lowest BCUT2D eigenvalue weighted by atomic mass is 10.2. The van der Waals surface area contributed by atoms with E-state index < -0.39 is 24.0 Å². The van der Waals surface area contributed by atoms with E-state index in [1.807, 2.05) is 0 Å². The van der Waals surface area contributed by atoms with Gasteiger partial charge in [0, 0.05) is 10.2 Å². The molecule has 0 saturated carbocycles. The molecule has 1 heterocycles. The molecule has 1 aromatic rings. The summed E-state index contributed by atoms with van der Waals surface area (Å²) in [6.07, 6.45) is 0. The second kappa shape index (κ2) is 4.93. The molecule has 0 saturated heterocycles. The van der Waals surface area contributed by atoms with Crippen molar-refractivity contribution in [1.29, 1.82) is 0 Å². The summed E-state index contributed by atoms with van der Waals surface area (Å²) in [7, 11) is 0. The third-order valence-corrected chi connectivity index (χ3v) is 2.64. The Kier molecular flexibility index (Phi) is 3.83. The van der Waals surface area contributed by atoms with Crippen LogP contribution in [0, 0.1) is 6.92 Å². The van der Waals surface area contributed by atoms with Gasteiger partial charge in [0.25, 0.3) is 11.5 Å². The molecule has 0 atom stereocenters. The third-order valence-electron chi connectivity index (χ3n) is 1.82. The topological polar surface area (TPSA) is 99.3 Å². The van der Waals surface area contributed by atoms with Gasteiger partial charge in [-0.2, -0.15) is 0 Å². The Labute approximate surface area is 98.8 Å². The molecule has 1 rings (SSSR count). The maximum Gasteiger partial charge on any atom is 0.322 e. The van der Waals surface area contributed by atoms with Crippen molar-refractivity contribution in [2.75, 3.05) is 6.54 Å². The van der Waals surface area contributed by atoms with E-state index in [2.05, 4.69) is 26.2 Å². The standard InChI is InChI=1S/C9H9BrN2O4/c1-4-6(10)2-5(9(16)12-4)8(15)11-3-7(13)14/h2H,3H2,1H3,(H,11,15)(H,12,16)(H,13,14). The summed E-state index contributed by atoms with van der Waals surface area (Å²) < 4.78 is 0.576. The van der Waals surface area contributed by atoms with E-state index >= 15 is 0 Å². The number of aromatic nitrogens is 1. The van der Waals surface area contributed by atoms with Gasteiger partial charge in [0.15, 0.2) is 0 Å². The molecule has 7 heteroatoms. The third kappa shape index (κ3) is 2.93. The van der Waals surface area contributed by atoms with Gasteiger partial charge < -0.3 is 15.4 Å². The normalized spacial score (nSPS) is 9.88. The average Bonchev–Trinajstić information content (AvgIpc) is 2.20. The highest BCUT2D eigenvalue weighted by atomic mass is 79.9. The number of rotatable bonds is 3. The lowest BCUT2D eigenvalue weighted by molar-refractivity contribution is -0.135. The van der Waals surface area contributed by atoms with E-state index in [0.717, 1.165) is 0 Å². The van der Waals surface area contributed by atoms with E-state index in [-0.39, 0.29) is 5.56 Å². The highest BCUT2D eigenvalue weighted by molar-refractivity contribution is 9.10. The number of carbonyl (C=O) groups is 2. The molecule has 0 aliphatic carbocycles. The van der Waals surface area contributed by atoms with Crippen molar-refractivity contribution < 1.29 is 14.7 Å². The van der Waals surface area contributed by atoms with Crippen molar-refractivity contribution in [3.05, 3.63) is 32.2 Å². The number of hydrogen-bond donors (Lipinski definition) is 3. The summed E-state index contributed by atoms with van der Waals surface area (Å²) in [6, 6.07) is 1.35. The van der Waals surface area contributed by atoms with Gasteiger partial charge in [-0.15, -0.1) is 0 Å². The monoisotopic (exact) mass is 288 g/mol. The number of hydrogen-bond acceptors (Lipinski definition) is 3. The zero-order valence-electron chi connectivity index (χ0n) is 8.33. The van der Waals surface area contributed by atoms with Crippen molar-refractivity contribution >= 4 is 27.8 Å². The Balaban J connectivity index is 2.96. The van der Waals surface area contributed by atoms with Gasteiger partial charge in [-0.25, -0.2) is 0 Å². The number of nitrogens with one attached hydrogen (secondary N) is 2. The first kappa shape index (κ1) is 12.4. The van der Waals surface area contributed by atoms with Crippen LogP contribution in [0.3, 0.4) is 0 Å². The SMILES string of the molecule is Cc1[nH]c(=O)c(C(=O)NCC(=O)O)cc1Br. The second-order valence-electron chi connectivity index (χ2n) is 3.06. The molecular formula is C9H9BrN2O4. The maximum absolute atomic E-state index is 11.4. The molecule has 3 N–H and O–H groups in total. The Morgan fingerprint density at radius 2 is 2.19 bits per heavy atom. The second-order valence-corrected chi connectivity index (χ2v) is 3.92. The van der Waals surface area contributed by atoms with Crippen molar-refractivity contribution in [1.82, 2.24) is 10.3 Å². The number of carboxylic acids is 1. The molecule has 0 spiro atoms. The Morgan fingerprint density at radius 1 is 1.56 bits per heavy atom. The highest BCUT2D eigenvalue weighted by Gasteiger charge is 2.13. The van der Waals surface area contributed by atoms with Gasteiger partial charge in [0.05, 0.1) is 0 Å². The van der Waals surface area contributed by atoms with Crippen LogP contribution in [0.1, 0.15) is 16.1 Å². The molecule has 1 aromatic heterocycles. The lowest BCUT2D eigenvalue weighted by Gasteiger charge is -2.03. The average molecular weight is 289 g/mol. The molecule has 6 nitrogen and oxygen atoms in total. The summed E-state index contributed by atoms with van der Waals surface area (Å²) in [5, 5.41) is 10.5. The predicted molar refractivity (Wildman–Crippen MR) is 59.5 cm³/mol. The summed E-state index contributed by atoms with van der Waals surface area (Å²) in [4.78, 5) is 35.5. The summed E-state index contributed by atoms with van der Waals surface area (Å²) in [6.45, 7) is 1.15. The minimum Gasteiger partial charge on any atom is -0.480 e. The summed E-state index contributed by atoms with van der Waals surface area (Å²) >= 11 is 3.16. The fourth-order valence-corrected chi connectivity index (χ4v) is 1.35. The summed E-state index contributed by atoms with van der Waals surface area (Å²) in [5.41, 5.74) is -0.0814. The van der Waals surface area contributed by atoms with Crippen LogP contribution >= 0.6 is 15.9 Å². The molecule has 0 aromatic carbocycles. The molecule has 16 heavy (non-hydrogen) atoms. The van der Waals surface area contributed by atoms with Crippen LogP contribution in [-0.4, -0.2) is 28.5 Å². The number of carbonyl (C=O) groups excluding carboxylic acids is 1. The fourth-order valence-electron chi connectivity index (χ4n) is 1.02. The number of halogens is 1. The van der Waals surface area contributed by atoms with Crippen molar-refractivity contribution in [3.63, 3.8) is 0 Å². The number of aliphatic carboxylic acids is 1. The van der Waals surface area contributed by atoms with Crippen molar-refractivity contribution in [2.45, 2.75) is 6.92 Å². The number of aromatic amines is 1. The number of H-pyrrole nitrogens is 1. The Bertz CT molecular complexity index is 495. The molecule has 1 amide bonds. The largest absolute Gasteiger partial charge is 0.480 e. The molecule has 0 aliphatic rings. The summed E-state index contributed by atoms with van der Waals surface area (Å²) in [5.74, 6) is -1.89. The highest BCUT2D eigenvalue weighted by Crippen LogP contribution is 2.12. The molecular weight excluding hydrogens is 280 g/mol. The molecule has 86 valence electrons.